The number of ether oxygens (including phenoxy) is 2. The van der Waals surface area contributed by atoms with Gasteiger partial charge in [-0.15, -0.1) is 0 Å². The number of nitrogens with zero attached hydrogens (tertiary/aromatic N) is 6. The van der Waals surface area contributed by atoms with Crippen molar-refractivity contribution in [1.29, 1.82) is 0 Å². The summed E-state index contributed by atoms with van der Waals surface area (Å²) >= 11 is 12.9. The van der Waals surface area contributed by atoms with Crippen molar-refractivity contribution in [2.24, 2.45) is 0 Å². The molecule has 2 aromatic carbocycles. The van der Waals surface area contributed by atoms with E-state index in [0.717, 1.165) is 66.1 Å². The fraction of sp³-hybridized carbons (Fsp3) is 0.316. The molecule has 262 valence electrons. The van der Waals surface area contributed by atoms with E-state index in [1.807, 2.05) is 41.8 Å². The third kappa shape index (κ3) is 7.22. The van der Waals surface area contributed by atoms with Gasteiger partial charge in [-0.2, -0.15) is 10.2 Å². The van der Waals surface area contributed by atoms with E-state index >= 15 is 0 Å². The zero-order chi connectivity index (χ0) is 35.9. The summed E-state index contributed by atoms with van der Waals surface area (Å²) in [5.74, 6) is 1.40. The monoisotopic (exact) mass is 716 g/mol. The fourth-order valence-electron chi connectivity index (χ4n) is 6.17. The van der Waals surface area contributed by atoms with Crippen LogP contribution in [0.2, 0.25) is 10.0 Å². The molecule has 0 amide bonds. The molecule has 0 atom stereocenters. The lowest BCUT2D eigenvalue weighted by Crippen LogP contribution is -2.25. The molecule has 10 nitrogen and oxygen atoms in total. The number of fused-ring (bicyclic) bond motifs is 2. The highest BCUT2D eigenvalue weighted by Gasteiger charge is 2.24. The predicted molar refractivity (Wildman–Crippen MR) is 203 cm³/mol. The first kappa shape index (κ1) is 36.5. The molecule has 0 saturated carbocycles. The third-order valence-electron chi connectivity index (χ3n) is 8.46. The molecule has 4 heterocycles. The van der Waals surface area contributed by atoms with Crippen molar-refractivity contribution in [2.75, 3.05) is 32.2 Å². The van der Waals surface area contributed by atoms with Crippen LogP contribution in [0.15, 0.2) is 72.8 Å². The Hall–Kier alpha value is -4.80. The van der Waals surface area contributed by atoms with E-state index in [1.54, 1.807) is 43.0 Å². The lowest BCUT2D eigenvalue weighted by molar-refractivity contribution is -0.383. The van der Waals surface area contributed by atoms with E-state index in [4.69, 9.17) is 37.8 Å². The van der Waals surface area contributed by atoms with Gasteiger partial charge in [-0.25, -0.2) is 9.03 Å². The molecule has 0 fully saturated rings. The summed E-state index contributed by atoms with van der Waals surface area (Å²) < 4.78 is 14.1. The van der Waals surface area contributed by atoms with Gasteiger partial charge in [0.05, 0.1) is 57.5 Å². The highest BCUT2D eigenvalue weighted by atomic mass is 35.5. The second kappa shape index (κ2) is 16.3. The zero-order valence-electron chi connectivity index (χ0n) is 29.2. The molecule has 4 aromatic heterocycles. The van der Waals surface area contributed by atoms with Crippen LogP contribution in [0.5, 0.6) is 11.5 Å². The minimum absolute atomic E-state index is 0.0407. The summed E-state index contributed by atoms with van der Waals surface area (Å²) in [6.45, 7) is 10.5. The average molecular weight is 718 g/mol. The fourth-order valence-corrected chi connectivity index (χ4v) is 6.71. The van der Waals surface area contributed by atoms with Crippen LogP contribution in [0.1, 0.15) is 51.9 Å². The highest BCUT2D eigenvalue weighted by Crippen LogP contribution is 2.36. The number of hydrogen-bond acceptors (Lipinski definition) is 7. The van der Waals surface area contributed by atoms with Crippen molar-refractivity contribution in [3.05, 3.63) is 104 Å². The molecule has 0 aliphatic carbocycles. The van der Waals surface area contributed by atoms with Crippen molar-refractivity contribution in [3.8, 4) is 34.0 Å². The van der Waals surface area contributed by atoms with E-state index in [9.17, 15) is 10.1 Å². The highest BCUT2D eigenvalue weighted by molar-refractivity contribution is 6.33. The maximum Gasteiger partial charge on any atom is 0.317 e. The smallest absolute Gasteiger partial charge is 0.317 e. The third-order valence-corrected chi connectivity index (χ3v) is 9.09. The van der Waals surface area contributed by atoms with Gasteiger partial charge in [0.2, 0.25) is 0 Å². The SMILES string of the molecule is CCCN(CCC)c1c(CC)nn2c(-c3ccc(OC)cc3Cl)cccc12.CCc1nn2c(-c3ccc(OC)cc3Cl)cccc2c1[N+](=O)[O-]. The summed E-state index contributed by atoms with van der Waals surface area (Å²) in [5, 5.41) is 21.9. The molecule has 6 aromatic rings. The largest absolute Gasteiger partial charge is 0.497 e. The topological polar surface area (TPSA) is 99.4 Å². The number of hydrogen-bond donors (Lipinski definition) is 0. The van der Waals surface area contributed by atoms with Gasteiger partial charge in [0.1, 0.15) is 22.7 Å². The summed E-state index contributed by atoms with van der Waals surface area (Å²) in [6, 6.07) is 22.7. The van der Waals surface area contributed by atoms with Gasteiger partial charge in [-0.3, -0.25) is 10.1 Å². The van der Waals surface area contributed by atoms with Crippen LogP contribution in [0.4, 0.5) is 11.4 Å². The number of pyridine rings is 2. The van der Waals surface area contributed by atoms with E-state index in [1.165, 1.54) is 5.69 Å². The maximum absolute atomic E-state index is 11.4. The molecule has 0 N–H and O–H groups in total. The zero-order valence-corrected chi connectivity index (χ0v) is 30.8. The second-order valence-electron chi connectivity index (χ2n) is 11.6. The first-order valence-corrected chi connectivity index (χ1v) is 17.5. The Bertz CT molecular complexity index is 2120. The Balaban J connectivity index is 0.000000197. The molecule has 0 aliphatic rings. The molecular weight excluding hydrogens is 675 g/mol. The van der Waals surface area contributed by atoms with Gasteiger partial charge in [-0.05, 0) is 86.3 Å². The Kier molecular flexibility index (Phi) is 11.9. The Labute approximate surface area is 302 Å². The van der Waals surface area contributed by atoms with Crippen LogP contribution in [0.25, 0.3) is 33.5 Å². The molecule has 0 spiro atoms. The predicted octanol–water partition coefficient (Wildman–Crippen LogP) is 9.99. The Morgan fingerprint density at radius 2 is 1.20 bits per heavy atom. The maximum atomic E-state index is 11.4. The quantitative estimate of drug-likeness (QED) is 0.0918. The van der Waals surface area contributed by atoms with Crippen molar-refractivity contribution >= 4 is 45.6 Å². The molecule has 0 unspecified atom stereocenters. The minimum atomic E-state index is -0.388. The molecule has 0 saturated heterocycles. The van der Waals surface area contributed by atoms with Gasteiger partial charge >= 0.3 is 5.69 Å². The first-order chi connectivity index (χ1) is 24.2. The minimum Gasteiger partial charge on any atom is -0.497 e. The number of aromatic nitrogens is 4. The van der Waals surface area contributed by atoms with Gasteiger partial charge in [0.15, 0.2) is 0 Å². The second-order valence-corrected chi connectivity index (χ2v) is 12.5. The molecule has 12 heteroatoms. The summed E-state index contributed by atoms with van der Waals surface area (Å²) in [6.07, 6.45) is 3.61. The number of aryl methyl sites for hydroxylation is 2. The van der Waals surface area contributed by atoms with Gasteiger partial charge in [0.25, 0.3) is 0 Å². The van der Waals surface area contributed by atoms with E-state index in [0.29, 0.717) is 39.1 Å². The van der Waals surface area contributed by atoms with Crippen LogP contribution in [0, 0.1) is 10.1 Å². The van der Waals surface area contributed by atoms with Gasteiger partial charge in [-0.1, -0.05) is 63.0 Å². The lowest BCUT2D eigenvalue weighted by Gasteiger charge is -2.24. The Morgan fingerprint density at radius 1 is 0.720 bits per heavy atom. The van der Waals surface area contributed by atoms with Gasteiger partial charge in [0, 0.05) is 24.2 Å². The van der Waals surface area contributed by atoms with E-state index in [2.05, 4.69) is 49.0 Å². The molecule has 0 aliphatic heterocycles. The standard InChI is InChI=1S/C22H28ClN3O.C16H14ClN3O3/c1-5-13-25(14-6-2)22-19(7-3)24-26-20(9-8-10-21(22)26)17-12-11-16(27-4)15-18(17)23;1-3-13-16(20(21)22)15-6-4-5-14(19(15)18-13)11-8-7-10(23-2)9-12(11)17/h8-12,15H,5-7,13-14H2,1-4H3;4-9H,3H2,1-2H3. The average Bonchev–Trinajstić information content (AvgIpc) is 3.70. The number of halogens is 2. The molecule has 50 heavy (non-hydrogen) atoms. The van der Waals surface area contributed by atoms with Crippen LogP contribution in [-0.2, 0) is 12.8 Å². The van der Waals surface area contributed by atoms with E-state index in [-0.39, 0.29) is 10.6 Å². The summed E-state index contributed by atoms with van der Waals surface area (Å²) in [7, 11) is 3.21. The Morgan fingerprint density at radius 3 is 1.64 bits per heavy atom. The molecular formula is C38H42Cl2N6O4. The van der Waals surface area contributed by atoms with Crippen LogP contribution >= 0.6 is 23.2 Å². The van der Waals surface area contributed by atoms with Crippen molar-refractivity contribution in [3.63, 3.8) is 0 Å². The summed E-state index contributed by atoms with van der Waals surface area (Å²) in [5.41, 5.74) is 7.85. The van der Waals surface area contributed by atoms with Crippen molar-refractivity contribution in [1.82, 2.24) is 19.2 Å². The number of anilines is 1. The first-order valence-electron chi connectivity index (χ1n) is 16.8. The van der Waals surface area contributed by atoms with E-state index < -0.39 is 0 Å². The number of benzene rings is 2. The normalized spacial score (nSPS) is 11.0. The number of methoxy groups -OCH3 is 2. The van der Waals surface area contributed by atoms with Crippen LogP contribution in [0.3, 0.4) is 0 Å². The lowest BCUT2D eigenvalue weighted by atomic mass is 10.1. The van der Waals surface area contributed by atoms with Gasteiger partial charge < -0.3 is 14.4 Å². The van der Waals surface area contributed by atoms with Crippen molar-refractivity contribution < 1.29 is 14.4 Å². The van der Waals surface area contributed by atoms with Crippen molar-refractivity contribution in [2.45, 2.75) is 53.4 Å². The molecule has 0 radical (unpaired) electrons. The molecule has 0 bridgehead atoms. The number of rotatable bonds is 12. The van der Waals surface area contributed by atoms with Crippen LogP contribution < -0.4 is 14.4 Å². The van der Waals surface area contributed by atoms with Crippen LogP contribution in [-0.4, -0.2) is 51.5 Å². The number of nitro groups is 1. The summed E-state index contributed by atoms with van der Waals surface area (Å²) in [4.78, 5) is 13.4. The molecule has 6 rings (SSSR count).